The molecule has 7 nitrogen and oxygen atoms in total. The fourth-order valence-electron chi connectivity index (χ4n) is 1.40. The summed E-state index contributed by atoms with van der Waals surface area (Å²) in [4.78, 5) is 33.5. The van der Waals surface area contributed by atoms with Crippen molar-refractivity contribution in [1.29, 1.82) is 0 Å². The summed E-state index contributed by atoms with van der Waals surface area (Å²) in [6, 6.07) is 5.38. The highest BCUT2D eigenvalue weighted by molar-refractivity contribution is 5.95. The Kier molecular flexibility index (Phi) is 5.40. The number of amides is 1. The van der Waals surface area contributed by atoms with Crippen LogP contribution < -0.4 is 5.32 Å². The number of nitrogens with one attached hydrogen (secondary N) is 1. The molecule has 0 fully saturated rings. The lowest BCUT2D eigenvalue weighted by atomic mass is 10.2. The molecule has 1 N–H and O–H groups in total. The monoisotopic (exact) mass is 278 g/mol. The van der Waals surface area contributed by atoms with Gasteiger partial charge >= 0.3 is 5.97 Å². The summed E-state index contributed by atoms with van der Waals surface area (Å²) in [6.07, 6.45) is 0.427. The summed E-state index contributed by atoms with van der Waals surface area (Å²) < 4.78 is 4.90. The first-order chi connectivity index (χ1) is 9.47. The fraction of sp³-hybridized carbons (Fsp3) is 0.231. The van der Waals surface area contributed by atoms with Crippen LogP contribution in [0.2, 0.25) is 0 Å². The number of ether oxygens (including phenoxy) is 1. The standard InChI is InChI=1S/C13H14N2O5/c1-3-8-14-12(16)9(2)20-13(17)10-6-4-5-7-11(10)15(18)19/h3-7,9H,1,8H2,2H3,(H,14,16). The number of para-hydroxylation sites is 1. The highest BCUT2D eigenvalue weighted by atomic mass is 16.6. The number of carbonyl (C=O) groups excluding carboxylic acids is 2. The molecule has 0 radical (unpaired) electrons. The minimum Gasteiger partial charge on any atom is -0.449 e. The van der Waals surface area contributed by atoms with E-state index in [-0.39, 0.29) is 17.8 Å². The van der Waals surface area contributed by atoms with Gasteiger partial charge in [0.05, 0.1) is 4.92 Å². The molecule has 7 heteroatoms. The molecule has 0 saturated heterocycles. The molecular weight excluding hydrogens is 264 g/mol. The predicted molar refractivity (Wildman–Crippen MR) is 71.2 cm³/mol. The minimum absolute atomic E-state index is 0.194. The van der Waals surface area contributed by atoms with E-state index < -0.39 is 22.9 Å². The second-order valence-electron chi connectivity index (χ2n) is 3.86. The van der Waals surface area contributed by atoms with Crippen LogP contribution in [0.4, 0.5) is 5.69 Å². The van der Waals surface area contributed by atoms with Gasteiger partial charge in [0.25, 0.3) is 11.6 Å². The van der Waals surface area contributed by atoms with Crippen molar-refractivity contribution in [3.8, 4) is 0 Å². The normalized spacial score (nSPS) is 11.2. The highest BCUT2D eigenvalue weighted by Crippen LogP contribution is 2.19. The van der Waals surface area contributed by atoms with Crippen molar-refractivity contribution in [2.75, 3.05) is 6.54 Å². The fourth-order valence-corrected chi connectivity index (χ4v) is 1.40. The largest absolute Gasteiger partial charge is 0.449 e. The summed E-state index contributed by atoms with van der Waals surface area (Å²) >= 11 is 0. The van der Waals surface area contributed by atoms with Gasteiger partial charge in [0, 0.05) is 12.6 Å². The van der Waals surface area contributed by atoms with Crippen LogP contribution in [0.1, 0.15) is 17.3 Å². The number of esters is 1. The molecule has 106 valence electrons. The number of nitrogens with zero attached hydrogens (tertiary/aromatic N) is 1. The van der Waals surface area contributed by atoms with E-state index in [1.807, 2.05) is 0 Å². The average molecular weight is 278 g/mol. The van der Waals surface area contributed by atoms with Crippen molar-refractivity contribution >= 4 is 17.6 Å². The van der Waals surface area contributed by atoms with Crippen LogP contribution in [-0.2, 0) is 9.53 Å². The molecule has 0 aliphatic carbocycles. The van der Waals surface area contributed by atoms with Crippen LogP contribution in [0.3, 0.4) is 0 Å². The van der Waals surface area contributed by atoms with Gasteiger partial charge in [-0.05, 0) is 13.0 Å². The Morgan fingerprint density at radius 3 is 2.75 bits per heavy atom. The molecule has 0 spiro atoms. The molecule has 1 aromatic rings. The molecule has 1 amide bonds. The highest BCUT2D eigenvalue weighted by Gasteiger charge is 2.24. The van der Waals surface area contributed by atoms with E-state index in [1.54, 1.807) is 0 Å². The van der Waals surface area contributed by atoms with E-state index in [2.05, 4.69) is 11.9 Å². The van der Waals surface area contributed by atoms with Gasteiger partial charge in [-0.2, -0.15) is 0 Å². The Hall–Kier alpha value is -2.70. The van der Waals surface area contributed by atoms with Gasteiger partial charge in [0.1, 0.15) is 5.56 Å². The van der Waals surface area contributed by atoms with Crippen molar-refractivity contribution in [1.82, 2.24) is 5.32 Å². The van der Waals surface area contributed by atoms with Gasteiger partial charge in [-0.1, -0.05) is 18.2 Å². The van der Waals surface area contributed by atoms with Crippen LogP contribution in [0.15, 0.2) is 36.9 Å². The number of hydrogen-bond acceptors (Lipinski definition) is 5. The molecule has 0 aliphatic rings. The first-order valence-corrected chi connectivity index (χ1v) is 5.80. The Bertz CT molecular complexity index is 541. The molecule has 1 aromatic carbocycles. The van der Waals surface area contributed by atoms with Crippen LogP contribution in [0, 0.1) is 10.1 Å². The third-order valence-electron chi connectivity index (χ3n) is 2.39. The molecule has 0 bridgehead atoms. The van der Waals surface area contributed by atoms with Crippen molar-refractivity contribution < 1.29 is 19.2 Å². The van der Waals surface area contributed by atoms with Crippen LogP contribution >= 0.6 is 0 Å². The zero-order valence-electron chi connectivity index (χ0n) is 10.9. The van der Waals surface area contributed by atoms with E-state index in [4.69, 9.17) is 4.74 Å². The lowest BCUT2D eigenvalue weighted by Gasteiger charge is -2.12. The zero-order chi connectivity index (χ0) is 15.1. The van der Waals surface area contributed by atoms with E-state index in [0.717, 1.165) is 0 Å². The van der Waals surface area contributed by atoms with Crippen molar-refractivity contribution in [2.24, 2.45) is 0 Å². The second kappa shape index (κ2) is 7.03. The topological polar surface area (TPSA) is 98.5 Å². The number of nitro benzene ring substituents is 1. The maximum Gasteiger partial charge on any atom is 0.345 e. The van der Waals surface area contributed by atoms with Gasteiger partial charge in [-0.15, -0.1) is 6.58 Å². The predicted octanol–water partition coefficient (Wildman–Crippen LogP) is 1.44. The van der Waals surface area contributed by atoms with Crippen molar-refractivity contribution in [3.05, 3.63) is 52.6 Å². The van der Waals surface area contributed by atoms with Gasteiger partial charge < -0.3 is 10.1 Å². The third kappa shape index (κ3) is 3.91. The van der Waals surface area contributed by atoms with Gasteiger partial charge in [0.15, 0.2) is 6.10 Å². The van der Waals surface area contributed by atoms with Crippen LogP contribution in [-0.4, -0.2) is 29.4 Å². The Morgan fingerprint density at radius 1 is 1.50 bits per heavy atom. The molecule has 0 aliphatic heterocycles. The average Bonchev–Trinajstić information content (AvgIpc) is 2.44. The molecule has 1 rings (SSSR count). The molecular formula is C13H14N2O5. The van der Waals surface area contributed by atoms with Gasteiger partial charge in [0.2, 0.25) is 0 Å². The van der Waals surface area contributed by atoms with Crippen molar-refractivity contribution in [2.45, 2.75) is 13.0 Å². The number of nitro groups is 1. The summed E-state index contributed by atoms with van der Waals surface area (Å²) in [6.45, 7) is 5.06. The second-order valence-corrected chi connectivity index (χ2v) is 3.86. The quantitative estimate of drug-likeness (QED) is 0.367. The lowest BCUT2D eigenvalue weighted by molar-refractivity contribution is -0.385. The summed E-state index contributed by atoms with van der Waals surface area (Å²) in [5, 5.41) is 13.3. The molecule has 0 saturated carbocycles. The smallest absolute Gasteiger partial charge is 0.345 e. The third-order valence-corrected chi connectivity index (χ3v) is 2.39. The van der Waals surface area contributed by atoms with E-state index in [9.17, 15) is 19.7 Å². The Balaban J connectivity index is 2.79. The molecule has 1 unspecified atom stereocenters. The van der Waals surface area contributed by atoms with E-state index in [1.165, 1.54) is 37.3 Å². The number of benzene rings is 1. The van der Waals surface area contributed by atoms with Crippen molar-refractivity contribution in [3.63, 3.8) is 0 Å². The number of carbonyl (C=O) groups is 2. The number of rotatable bonds is 6. The summed E-state index contributed by atoms with van der Waals surface area (Å²) in [7, 11) is 0. The Morgan fingerprint density at radius 2 is 2.15 bits per heavy atom. The van der Waals surface area contributed by atoms with Gasteiger partial charge in [-0.3, -0.25) is 14.9 Å². The minimum atomic E-state index is -1.05. The van der Waals surface area contributed by atoms with E-state index in [0.29, 0.717) is 0 Å². The lowest BCUT2D eigenvalue weighted by Crippen LogP contribution is -2.35. The Labute approximate surface area is 115 Å². The first-order valence-electron chi connectivity index (χ1n) is 5.80. The molecule has 20 heavy (non-hydrogen) atoms. The maximum atomic E-state index is 11.8. The van der Waals surface area contributed by atoms with E-state index >= 15 is 0 Å². The first kappa shape index (κ1) is 15.4. The van der Waals surface area contributed by atoms with Gasteiger partial charge in [-0.25, -0.2) is 4.79 Å². The zero-order valence-corrected chi connectivity index (χ0v) is 10.9. The molecule has 0 heterocycles. The summed E-state index contributed by atoms with van der Waals surface area (Å²) in [5.41, 5.74) is -0.558. The van der Waals surface area contributed by atoms with Crippen LogP contribution in [0.5, 0.6) is 0 Å². The molecule has 1 atom stereocenters. The molecule has 0 aromatic heterocycles. The summed E-state index contributed by atoms with van der Waals surface area (Å²) in [5.74, 6) is -1.42. The SMILES string of the molecule is C=CCNC(=O)C(C)OC(=O)c1ccccc1[N+](=O)[O-]. The number of hydrogen-bond donors (Lipinski definition) is 1. The maximum absolute atomic E-state index is 11.8. The van der Waals surface area contributed by atoms with Crippen LogP contribution in [0.25, 0.3) is 0 Å².